The first-order chi connectivity index (χ1) is 23.2. The molecule has 0 aliphatic rings. The number of aromatic nitrogens is 1. The average Bonchev–Trinajstić information content (AvgIpc) is 3.09. The zero-order valence-electron chi connectivity index (χ0n) is 33.7. The van der Waals surface area contributed by atoms with Gasteiger partial charge in [0, 0.05) is 24.7 Å². The highest BCUT2D eigenvalue weighted by Crippen LogP contribution is 2.35. The van der Waals surface area contributed by atoms with Gasteiger partial charge in [0.05, 0.1) is 0 Å². The Morgan fingerprint density at radius 3 is 0.851 bits per heavy atom. The van der Waals surface area contributed by atoms with Crippen LogP contribution in [0.25, 0.3) is 0 Å². The lowest BCUT2D eigenvalue weighted by Crippen LogP contribution is -2.34. The van der Waals surface area contributed by atoms with E-state index in [1.165, 1.54) is 199 Å². The SMILES string of the molecule is CCCCCCCC[B-](CCCCCCCC)(CCCCCCCC)CCCCCCCC.CCCCCCCC[n+]1ccccc1. The first-order valence-electron chi connectivity index (χ1n) is 22.3. The molecule has 0 saturated carbocycles. The van der Waals surface area contributed by atoms with Gasteiger partial charge in [0.25, 0.3) is 0 Å². The summed E-state index contributed by atoms with van der Waals surface area (Å²) >= 11 is 0. The van der Waals surface area contributed by atoms with Crippen molar-refractivity contribution in [1.29, 1.82) is 0 Å². The van der Waals surface area contributed by atoms with Crippen LogP contribution >= 0.6 is 0 Å². The molecule has 47 heavy (non-hydrogen) atoms. The molecule has 0 radical (unpaired) electrons. The van der Waals surface area contributed by atoms with Gasteiger partial charge < -0.3 is 0 Å². The van der Waals surface area contributed by atoms with Gasteiger partial charge in [-0.15, -0.1) is 0 Å². The Balaban J connectivity index is 0.00000125. The van der Waals surface area contributed by atoms with Crippen LogP contribution in [0.1, 0.15) is 227 Å². The molecule has 0 aliphatic heterocycles. The second kappa shape index (κ2) is 38.0. The van der Waals surface area contributed by atoms with Gasteiger partial charge in [-0.3, -0.25) is 0 Å². The first kappa shape index (κ1) is 46.2. The van der Waals surface area contributed by atoms with E-state index in [0.29, 0.717) is 0 Å². The Bertz CT molecular complexity index is 619. The van der Waals surface area contributed by atoms with Gasteiger partial charge in [0.1, 0.15) is 6.54 Å². The summed E-state index contributed by atoms with van der Waals surface area (Å²) in [5.74, 6) is 0. The number of hydrogen-bond acceptors (Lipinski definition) is 0. The van der Waals surface area contributed by atoms with Gasteiger partial charge in [0.2, 0.25) is 0 Å². The van der Waals surface area contributed by atoms with Crippen molar-refractivity contribution >= 4 is 6.15 Å². The molecule has 0 N–H and O–H groups in total. The lowest BCUT2D eigenvalue weighted by atomic mass is 9.17. The summed E-state index contributed by atoms with van der Waals surface area (Å²) in [5, 5.41) is 0. The molecule has 0 atom stereocenters. The van der Waals surface area contributed by atoms with Crippen molar-refractivity contribution < 1.29 is 4.57 Å². The Labute approximate surface area is 299 Å². The third-order valence-electron chi connectivity index (χ3n) is 11.2. The first-order valence-corrected chi connectivity index (χ1v) is 22.3. The molecule has 0 amide bonds. The van der Waals surface area contributed by atoms with Crippen LogP contribution in [0, 0.1) is 0 Å². The fourth-order valence-electron chi connectivity index (χ4n) is 7.95. The predicted molar refractivity (Wildman–Crippen MR) is 218 cm³/mol. The van der Waals surface area contributed by atoms with Crippen LogP contribution in [0.15, 0.2) is 30.6 Å². The zero-order valence-corrected chi connectivity index (χ0v) is 33.7. The van der Waals surface area contributed by atoms with Gasteiger partial charge in [-0.05, 0) is 6.42 Å². The number of nitrogens with zero attached hydrogens (tertiary/aromatic N) is 1. The summed E-state index contributed by atoms with van der Waals surface area (Å²) in [5.41, 5.74) is 0. The molecule has 0 bridgehead atoms. The molecule has 1 aromatic heterocycles. The maximum atomic E-state index is 2.34. The lowest BCUT2D eigenvalue weighted by molar-refractivity contribution is -0.697. The highest BCUT2D eigenvalue weighted by molar-refractivity contribution is 6.79. The lowest BCUT2D eigenvalue weighted by Gasteiger charge is -2.41. The van der Waals surface area contributed by atoms with Crippen LogP contribution in [-0.4, -0.2) is 6.15 Å². The second-order valence-corrected chi connectivity index (χ2v) is 15.8. The van der Waals surface area contributed by atoms with Gasteiger partial charge in [-0.25, -0.2) is 4.57 Å². The van der Waals surface area contributed by atoms with E-state index >= 15 is 0 Å². The predicted octanol–water partition coefficient (Wildman–Crippen LogP) is 16.2. The van der Waals surface area contributed by atoms with Crippen molar-refractivity contribution in [1.82, 2.24) is 0 Å². The summed E-state index contributed by atoms with van der Waals surface area (Å²) in [4.78, 5) is 0. The number of rotatable bonds is 35. The maximum absolute atomic E-state index is 2.34. The van der Waals surface area contributed by atoms with Crippen LogP contribution in [-0.2, 0) is 6.54 Å². The molecule has 1 nitrogen and oxygen atoms in total. The molecule has 0 saturated heterocycles. The molecular weight excluding hydrogens is 565 g/mol. The summed E-state index contributed by atoms with van der Waals surface area (Å²) in [7, 11) is 0. The fourth-order valence-corrected chi connectivity index (χ4v) is 7.95. The number of pyridine rings is 1. The van der Waals surface area contributed by atoms with Crippen molar-refractivity contribution in [2.75, 3.05) is 0 Å². The summed E-state index contributed by atoms with van der Waals surface area (Å²) < 4.78 is 2.26. The van der Waals surface area contributed by atoms with E-state index in [0.717, 1.165) is 0 Å². The summed E-state index contributed by atoms with van der Waals surface area (Å²) in [6, 6.07) is 6.26. The standard InChI is InChI=1S/C32H68B.C13H22N/c1-5-9-13-17-21-25-29-33(30-26-22-18-14-10-6-2,31-27-23-19-15-11-7-3)32-28-24-20-16-12-8-4;1-2-3-4-5-6-8-11-14-12-9-7-10-13-14/h5-32H2,1-4H3;7,9-10,12-13H,2-6,8,11H2,1H3/q-1;+1. The Hall–Kier alpha value is -0.785. The van der Waals surface area contributed by atoms with Crippen LogP contribution in [0.4, 0.5) is 0 Å². The number of aryl methyl sites for hydroxylation is 1. The Kier molecular flexibility index (Phi) is 37.4. The van der Waals surface area contributed by atoms with E-state index in [9.17, 15) is 0 Å². The van der Waals surface area contributed by atoms with E-state index in [4.69, 9.17) is 0 Å². The van der Waals surface area contributed by atoms with E-state index in [1.807, 2.05) is 0 Å². The minimum atomic E-state index is -0.104. The van der Waals surface area contributed by atoms with Gasteiger partial charge in [-0.2, -0.15) is 25.3 Å². The third kappa shape index (κ3) is 32.2. The topological polar surface area (TPSA) is 3.88 Å². The average molecular weight is 656 g/mol. The van der Waals surface area contributed by atoms with E-state index in [2.05, 4.69) is 69.8 Å². The van der Waals surface area contributed by atoms with Gasteiger partial charge >= 0.3 is 0 Å². The smallest absolute Gasteiger partial charge is 0.168 e. The van der Waals surface area contributed by atoms with E-state index in [1.54, 1.807) is 25.3 Å². The number of unbranched alkanes of at least 4 members (excludes halogenated alkanes) is 25. The largest absolute Gasteiger partial charge is 0.205 e. The normalized spacial score (nSPS) is 11.5. The third-order valence-corrected chi connectivity index (χ3v) is 11.2. The molecule has 1 heterocycles. The maximum Gasteiger partial charge on any atom is 0.168 e. The van der Waals surface area contributed by atoms with Crippen molar-refractivity contribution in [2.24, 2.45) is 0 Å². The van der Waals surface area contributed by atoms with Crippen molar-refractivity contribution in [2.45, 2.75) is 259 Å². The van der Waals surface area contributed by atoms with E-state index < -0.39 is 0 Å². The number of hydrogen-bond donors (Lipinski definition) is 0. The highest BCUT2D eigenvalue weighted by atomic mass is 14.9. The molecule has 0 aliphatic carbocycles. The second-order valence-electron chi connectivity index (χ2n) is 15.8. The monoisotopic (exact) mass is 656 g/mol. The molecule has 278 valence electrons. The quantitative estimate of drug-likeness (QED) is 0.0389. The minimum Gasteiger partial charge on any atom is -0.205 e. The molecular formula is C45H90BN. The Morgan fingerprint density at radius 2 is 0.553 bits per heavy atom. The van der Waals surface area contributed by atoms with Crippen LogP contribution in [0.2, 0.25) is 25.3 Å². The molecule has 0 spiro atoms. The minimum absolute atomic E-state index is 0.104. The Morgan fingerprint density at radius 1 is 0.298 bits per heavy atom. The highest BCUT2D eigenvalue weighted by Gasteiger charge is 2.23. The molecule has 1 aromatic rings. The van der Waals surface area contributed by atoms with Gasteiger partial charge in [0.15, 0.2) is 12.4 Å². The molecule has 0 unspecified atom stereocenters. The van der Waals surface area contributed by atoms with Crippen LogP contribution in [0.5, 0.6) is 0 Å². The van der Waals surface area contributed by atoms with E-state index in [-0.39, 0.29) is 6.15 Å². The zero-order chi connectivity index (χ0) is 34.4. The van der Waals surface area contributed by atoms with Crippen molar-refractivity contribution in [3.63, 3.8) is 0 Å². The summed E-state index contributed by atoms with van der Waals surface area (Å²) in [6.07, 6.45) is 54.2. The molecule has 1 rings (SSSR count). The van der Waals surface area contributed by atoms with Crippen LogP contribution < -0.4 is 4.57 Å². The van der Waals surface area contributed by atoms with Crippen molar-refractivity contribution in [3.8, 4) is 0 Å². The molecule has 2 heteroatoms. The van der Waals surface area contributed by atoms with Crippen molar-refractivity contribution in [3.05, 3.63) is 30.6 Å². The van der Waals surface area contributed by atoms with Gasteiger partial charge in [-0.1, -0.05) is 220 Å². The van der Waals surface area contributed by atoms with Crippen LogP contribution in [0.3, 0.4) is 0 Å². The molecule has 0 fully saturated rings. The molecule has 0 aromatic carbocycles. The summed E-state index contributed by atoms with van der Waals surface area (Å²) in [6.45, 7) is 12.8. The fraction of sp³-hybridized carbons (Fsp3) is 0.889.